The summed E-state index contributed by atoms with van der Waals surface area (Å²) in [6.45, 7) is 0.879. The van der Waals surface area contributed by atoms with Crippen molar-refractivity contribution in [1.29, 1.82) is 0 Å². The maximum absolute atomic E-state index is 13.3. The predicted octanol–water partition coefficient (Wildman–Crippen LogP) is 6.69. The quantitative estimate of drug-likeness (QED) is 0.323. The lowest BCUT2D eigenvalue weighted by Crippen LogP contribution is -2.42. The van der Waals surface area contributed by atoms with E-state index in [1.807, 2.05) is 4.90 Å². The first-order chi connectivity index (χ1) is 15.9. The molecule has 1 aliphatic heterocycles. The average molecular weight is 538 g/mol. The standard InChI is InChI=1S/C22H18Cl3F3N2O4/c23-12-8-16(25)18-13(19(34-20(31)32)29-17(18)9-12)10-30-5-3-21(33,4-6-30)11-1-2-15(24)14(7-11)22(26,27)28/h1-2,7-9,29,33H,3-6,10H2,(H,31,32). The summed E-state index contributed by atoms with van der Waals surface area (Å²) in [7, 11) is 0. The van der Waals surface area contributed by atoms with E-state index < -0.39 is 28.5 Å². The van der Waals surface area contributed by atoms with Crippen molar-refractivity contribution in [3.8, 4) is 5.88 Å². The fourth-order valence-electron chi connectivity index (χ4n) is 4.24. The van der Waals surface area contributed by atoms with Crippen molar-refractivity contribution < 1.29 is 32.9 Å². The summed E-state index contributed by atoms with van der Waals surface area (Å²) in [6, 6.07) is 6.55. The molecule has 0 saturated carbocycles. The highest BCUT2D eigenvalue weighted by atomic mass is 35.5. The van der Waals surface area contributed by atoms with E-state index in [1.54, 1.807) is 6.07 Å². The second-order valence-electron chi connectivity index (χ2n) is 8.11. The molecule has 0 aliphatic carbocycles. The largest absolute Gasteiger partial charge is 0.512 e. The van der Waals surface area contributed by atoms with Crippen LogP contribution in [0.15, 0.2) is 30.3 Å². The van der Waals surface area contributed by atoms with Crippen molar-refractivity contribution in [2.24, 2.45) is 0 Å². The number of alkyl halides is 3. The number of hydrogen-bond acceptors (Lipinski definition) is 4. The number of likely N-dealkylation sites (tertiary alicyclic amines) is 1. The number of aromatic nitrogens is 1. The number of fused-ring (bicyclic) bond motifs is 1. The summed E-state index contributed by atoms with van der Waals surface area (Å²) < 4.78 is 44.7. The molecule has 2 aromatic carbocycles. The number of aliphatic hydroxyl groups is 1. The van der Waals surface area contributed by atoms with E-state index in [0.29, 0.717) is 39.6 Å². The highest BCUT2D eigenvalue weighted by Crippen LogP contribution is 2.41. The highest BCUT2D eigenvalue weighted by molar-refractivity contribution is 6.39. The molecule has 4 rings (SSSR count). The minimum absolute atomic E-state index is 0.0000205. The summed E-state index contributed by atoms with van der Waals surface area (Å²) in [5, 5.41) is 21.0. The molecule has 0 bridgehead atoms. The Balaban J connectivity index is 1.58. The molecular formula is C22H18Cl3F3N2O4. The third-order valence-electron chi connectivity index (χ3n) is 5.94. The normalized spacial score (nSPS) is 16.7. The van der Waals surface area contributed by atoms with Gasteiger partial charge in [-0.1, -0.05) is 40.9 Å². The number of H-pyrrole nitrogens is 1. The fraction of sp³-hybridized carbons (Fsp3) is 0.318. The summed E-state index contributed by atoms with van der Waals surface area (Å²) in [5.74, 6) is 0.0000205. The summed E-state index contributed by atoms with van der Waals surface area (Å²) in [6.07, 6.45) is -5.83. The van der Waals surface area contributed by atoms with Gasteiger partial charge in [0.1, 0.15) is 0 Å². The van der Waals surface area contributed by atoms with Crippen molar-refractivity contribution >= 4 is 51.9 Å². The van der Waals surface area contributed by atoms with Gasteiger partial charge in [-0.15, -0.1) is 0 Å². The van der Waals surface area contributed by atoms with Gasteiger partial charge < -0.3 is 19.9 Å². The lowest BCUT2D eigenvalue weighted by molar-refractivity contribution is -0.137. The molecule has 0 radical (unpaired) electrons. The van der Waals surface area contributed by atoms with Crippen LogP contribution in [0.1, 0.15) is 29.5 Å². The lowest BCUT2D eigenvalue weighted by atomic mass is 9.83. The Labute approximate surface area is 206 Å². The number of nitrogens with zero attached hydrogens (tertiary/aromatic N) is 1. The van der Waals surface area contributed by atoms with Crippen LogP contribution in [0.25, 0.3) is 10.9 Å². The topological polar surface area (TPSA) is 85.8 Å². The molecule has 1 saturated heterocycles. The van der Waals surface area contributed by atoms with E-state index in [1.165, 1.54) is 12.1 Å². The first kappa shape index (κ1) is 24.9. The molecule has 1 aromatic heterocycles. The van der Waals surface area contributed by atoms with Gasteiger partial charge in [-0.05, 0) is 42.7 Å². The molecule has 1 fully saturated rings. The van der Waals surface area contributed by atoms with Gasteiger partial charge in [-0.2, -0.15) is 13.2 Å². The van der Waals surface area contributed by atoms with Crippen molar-refractivity contribution in [1.82, 2.24) is 9.88 Å². The van der Waals surface area contributed by atoms with Crippen molar-refractivity contribution in [3.05, 3.63) is 62.1 Å². The number of rotatable bonds is 4. The average Bonchev–Trinajstić information content (AvgIpc) is 3.05. The van der Waals surface area contributed by atoms with Crippen LogP contribution < -0.4 is 4.74 Å². The Kier molecular flexibility index (Phi) is 6.69. The van der Waals surface area contributed by atoms with Crippen LogP contribution in [0.3, 0.4) is 0 Å². The summed E-state index contributed by atoms with van der Waals surface area (Å²) in [4.78, 5) is 16.0. The number of nitrogens with one attached hydrogen (secondary N) is 1. The van der Waals surface area contributed by atoms with Gasteiger partial charge >= 0.3 is 12.3 Å². The first-order valence-corrected chi connectivity index (χ1v) is 11.2. The molecule has 12 heteroatoms. The number of carbonyl (C=O) groups is 1. The lowest BCUT2D eigenvalue weighted by Gasteiger charge is -2.38. The Morgan fingerprint density at radius 1 is 1.12 bits per heavy atom. The summed E-state index contributed by atoms with van der Waals surface area (Å²) >= 11 is 18.1. The van der Waals surface area contributed by atoms with E-state index in [0.717, 1.165) is 12.1 Å². The third kappa shape index (κ3) is 4.94. The molecule has 0 atom stereocenters. The van der Waals surface area contributed by atoms with Crippen LogP contribution in [-0.4, -0.2) is 39.3 Å². The van der Waals surface area contributed by atoms with Crippen LogP contribution in [0.4, 0.5) is 18.0 Å². The highest BCUT2D eigenvalue weighted by Gasteiger charge is 2.38. The fourth-order valence-corrected chi connectivity index (χ4v) is 5.07. The second kappa shape index (κ2) is 9.13. The smallest absolute Gasteiger partial charge is 0.449 e. The van der Waals surface area contributed by atoms with E-state index in [2.05, 4.69) is 4.98 Å². The Morgan fingerprint density at radius 2 is 1.79 bits per heavy atom. The van der Waals surface area contributed by atoms with Crippen molar-refractivity contribution in [3.63, 3.8) is 0 Å². The predicted molar refractivity (Wildman–Crippen MR) is 122 cm³/mol. The van der Waals surface area contributed by atoms with Gasteiger partial charge in [0.05, 0.1) is 26.7 Å². The zero-order valence-electron chi connectivity index (χ0n) is 17.3. The second-order valence-corrected chi connectivity index (χ2v) is 9.36. The number of ether oxygens (including phenoxy) is 1. The van der Waals surface area contributed by atoms with Crippen molar-refractivity contribution in [2.45, 2.75) is 31.2 Å². The van der Waals surface area contributed by atoms with Crippen LogP contribution in [-0.2, 0) is 18.3 Å². The van der Waals surface area contributed by atoms with Crippen LogP contribution in [0.2, 0.25) is 15.1 Å². The van der Waals surface area contributed by atoms with Crippen LogP contribution >= 0.6 is 34.8 Å². The van der Waals surface area contributed by atoms with Gasteiger partial charge in [0.2, 0.25) is 5.88 Å². The van der Waals surface area contributed by atoms with Crippen LogP contribution in [0, 0.1) is 0 Å². The molecule has 1 aliphatic rings. The van der Waals surface area contributed by atoms with E-state index in [-0.39, 0.29) is 30.8 Å². The number of aromatic amines is 1. The van der Waals surface area contributed by atoms with E-state index >= 15 is 0 Å². The Hall–Kier alpha value is -2.17. The molecule has 0 unspecified atom stereocenters. The van der Waals surface area contributed by atoms with Crippen molar-refractivity contribution in [2.75, 3.05) is 13.1 Å². The molecule has 34 heavy (non-hydrogen) atoms. The zero-order chi connectivity index (χ0) is 24.8. The number of halogens is 6. The summed E-state index contributed by atoms with van der Waals surface area (Å²) in [5.41, 5.74) is -1.32. The SMILES string of the molecule is O=C(O)Oc1[nH]c2cc(Cl)cc(Cl)c2c1CN1CCC(O)(c2ccc(Cl)c(C(F)(F)F)c2)CC1. The maximum Gasteiger partial charge on any atom is 0.512 e. The van der Waals surface area contributed by atoms with Gasteiger partial charge in [0.25, 0.3) is 0 Å². The molecule has 3 aromatic rings. The minimum atomic E-state index is -4.64. The molecular weight excluding hydrogens is 520 g/mol. The molecule has 3 N–H and O–H groups in total. The molecule has 0 spiro atoms. The minimum Gasteiger partial charge on any atom is -0.449 e. The third-order valence-corrected chi connectivity index (χ3v) is 6.79. The number of piperidine rings is 1. The number of carboxylic acid groups (broad SMARTS) is 1. The molecule has 6 nitrogen and oxygen atoms in total. The van der Waals surface area contributed by atoms with E-state index in [4.69, 9.17) is 44.6 Å². The Morgan fingerprint density at radius 3 is 2.41 bits per heavy atom. The molecule has 2 heterocycles. The molecule has 0 amide bonds. The maximum atomic E-state index is 13.3. The molecule has 182 valence electrons. The number of benzene rings is 2. The van der Waals surface area contributed by atoms with E-state index in [9.17, 15) is 23.1 Å². The first-order valence-electron chi connectivity index (χ1n) is 10.1. The van der Waals surface area contributed by atoms with Gasteiger partial charge in [0.15, 0.2) is 0 Å². The van der Waals surface area contributed by atoms with Gasteiger partial charge in [0, 0.05) is 35.6 Å². The van der Waals surface area contributed by atoms with Gasteiger partial charge in [-0.25, -0.2) is 4.79 Å². The Bertz CT molecular complexity index is 1250. The number of hydrogen-bond donors (Lipinski definition) is 3. The zero-order valence-corrected chi connectivity index (χ0v) is 19.6. The van der Waals surface area contributed by atoms with Gasteiger partial charge in [-0.3, -0.25) is 4.90 Å². The monoisotopic (exact) mass is 536 g/mol. The van der Waals surface area contributed by atoms with Crippen LogP contribution in [0.5, 0.6) is 5.88 Å².